The monoisotopic (exact) mass is 447 g/mol. The third-order valence-electron chi connectivity index (χ3n) is 3.89. The van der Waals surface area contributed by atoms with E-state index in [2.05, 4.69) is 17.4 Å². The molecule has 10 nitrogen and oxygen atoms in total. The van der Waals surface area contributed by atoms with E-state index in [9.17, 15) is 9.59 Å². The van der Waals surface area contributed by atoms with Crippen molar-refractivity contribution in [3.05, 3.63) is 65.7 Å². The minimum atomic E-state index is -1.00. The van der Waals surface area contributed by atoms with Gasteiger partial charge in [0.15, 0.2) is 5.96 Å². The molecule has 0 unspecified atom stereocenters. The highest BCUT2D eigenvalue weighted by Gasteiger charge is 2.09. The molecule has 0 heterocycles. The highest BCUT2D eigenvalue weighted by molar-refractivity contribution is 5.74. The normalized spacial score (nSPS) is 10.4. The molecule has 11 N–H and O–H groups in total. The zero-order chi connectivity index (χ0) is 24.4. The first kappa shape index (κ1) is 28.4. The minimum absolute atomic E-state index is 0.000278. The molecule has 10 heteroatoms. The van der Waals surface area contributed by atoms with Crippen LogP contribution in [-0.4, -0.2) is 52.3 Å². The minimum Gasteiger partial charge on any atom is -0.508 e. The maximum atomic E-state index is 10.2. The first-order valence-corrected chi connectivity index (χ1v) is 9.95. The van der Waals surface area contributed by atoms with E-state index in [0.717, 1.165) is 13.0 Å². The van der Waals surface area contributed by atoms with Gasteiger partial charge in [-0.15, -0.1) is 0 Å². The molecule has 176 valence electrons. The molecule has 0 aliphatic carbocycles. The number of aliphatic carboxylic acids is 2. The van der Waals surface area contributed by atoms with E-state index in [0.29, 0.717) is 24.9 Å². The highest BCUT2D eigenvalue weighted by atomic mass is 16.4. The molecule has 0 fully saturated rings. The average Bonchev–Trinajstić information content (AvgIpc) is 2.74. The van der Waals surface area contributed by atoms with Crippen LogP contribution in [0.5, 0.6) is 5.75 Å². The standard InChI is InChI=1S/C8H11N.C8H8O3.C6H14N4O2/c9-7-6-8-4-2-1-3-5-8;9-7-3-1-6(2-4-7)5-8(10)11;7-4(5(11)12)2-1-3-10-6(8)9/h1-5H,6-7,9H2;1-4,9H,5H2,(H,10,11);4H,1-3,7H2,(H,11,12)(H4,8,9,10)/t;;4-/m..0/s1. The van der Waals surface area contributed by atoms with Crippen LogP contribution in [0.15, 0.2) is 54.6 Å². The third-order valence-corrected chi connectivity index (χ3v) is 3.89. The van der Waals surface area contributed by atoms with Crippen molar-refractivity contribution in [3.8, 4) is 5.75 Å². The van der Waals surface area contributed by atoms with Crippen molar-refractivity contribution >= 4 is 17.9 Å². The van der Waals surface area contributed by atoms with E-state index >= 15 is 0 Å². The molecule has 0 aromatic heterocycles. The number of rotatable bonds is 9. The van der Waals surface area contributed by atoms with Gasteiger partial charge in [-0.1, -0.05) is 42.5 Å². The number of hydrogen-bond donors (Lipinski definition) is 8. The molecular weight excluding hydrogens is 414 g/mol. The fourth-order valence-corrected chi connectivity index (χ4v) is 2.27. The Balaban J connectivity index is 0.000000454. The van der Waals surface area contributed by atoms with Gasteiger partial charge in [-0.05, 0) is 49.1 Å². The Morgan fingerprint density at radius 1 is 1.00 bits per heavy atom. The molecule has 0 saturated heterocycles. The number of carboxylic acids is 2. The molecule has 2 rings (SSSR count). The summed E-state index contributed by atoms with van der Waals surface area (Å²) in [6, 6.07) is 15.6. The fourth-order valence-electron chi connectivity index (χ4n) is 2.27. The first-order valence-electron chi connectivity index (χ1n) is 9.95. The summed E-state index contributed by atoms with van der Waals surface area (Å²) in [7, 11) is 0. The van der Waals surface area contributed by atoms with Gasteiger partial charge >= 0.3 is 11.9 Å². The molecule has 0 aliphatic rings. The number of carboxylic acid groups (broad SMARTS) is 2. The van der Waals surface area contributed by atoms with Crippen LogP contribution in [0.2, 0.25) is 0 Å². The summed E-state index contributed by atoms with van der Waals surface area (Å²) < 4.78 is 0. The predicted octanol–water partition coefficient (Wildman–Crippen LogP) is 0.869. The summed E-state index contributed by atoms with van der Waals surface area (Å²) in [4.78, 5) is 20.4. The topological polar surface area (TPSA) is 209 Å². The Labute approximate surface area is 187 Å². The number of phenolic OH excluding ortho intramolecular Hbond substituents is 1. The van der Waals surface area contributed by atoms with E-state index in [4.69, 9.17) is 37.9 Å². The lowest BCUT2D eigenvalue weighted by Gasteiger charge is -2.06. The van der Waals surface area contributed by atoms with Gasteiger partial charge in [0.1, 0.15) is 11.8 Å². The number of nitrogens with one attached hydrogen (secondary N) is 2. The summed E-state index contributed by atoms with van der Waals surface area (Å²) >= 11 is 0. The van der Waals surface area contributed by atoms with Crippen molar-refractivity contribution in [3.63, 3.8) is 0 Å². The average molecular weight is 448 g/mol. The molecule has 2 aromatic carbocycles. The van der Waals surface area contributed by atoms with Gasteiger partial charge in [0, 0.05) is 6.54 Å². The lowest BCUT2D eigenvalue weighted by atomic mass is 10.1. The Bertz CT molecular complexity index is 800. The molecule has 0 saturated carbocycles. The number of hydrogen-bond acceptors (Lipinski definition) is 6. The summed E-state index contributed by atoms with van der Waals surface area (Å²) in [6.07, 6.45) is 1.96. The molecule has 0 aliphatic heterocycles. The van der Waals surface area contributed by atoms with E-state index in [1.807, 2.05) is 18.2 Å². The zero-order valence-electron chi connectivity index (χ0n) is 17.9. The van der Waals surface area contributed by atoms with Crippen molar-refractivity contribution in [2.45, 2.75) is 31.7 Å². The van der Waals surface area contributed by atoms with Gasteiger partial charge in [0.05, 0.1) is 6.42 Å². The van der Waals surface area contributed by atoms with Gasteiger partial charge in [-0.3, -0.25) is 15.0 Å². The Hall–Kier alpha value is -3.63. The molecule has 0 amide bonds. The van der Waals surface area contributed by atoms with Crippen LogP contribution < -0.4 is 22.5 Å². The molecule has 32 heavy (non-hydrogen) atoms. The van der Waals surface area contributed by atoms with Crippen molar-refractivity contribution in [2.24, 2.45) is 17.2 Å². The third kappa shape index (κ3) is 16.2. The van der Waals surface area contributed by atoms with Gasteiger partial charge < -0.3 is 37.8 Å². The van der Waals surface area contributed by atoms with Crippen molar-refractivity contribution in [2.75, 3.05) is 13.1 Å². The number of carbonyl (C=O) groups is 2. The summed E-state index contributed by atoms with van der Waals surface area (Å²) in [5.74, 6) is -1.83. The van der Waals surface area contributed by atoms with Crippen LogP contribution in [0.4, 0.5) is 0 Å². The molecule has 0 bridgehead atoms. The Morgan fingerprint density at radius 3 is 2.06 bits per heavy atom. The second kappa shape index (κ2) is 17.1. The summed E-state index contributed by atoms with van der Waals surface area (Å²) in [6.45, 7) is 1.22. The van der Waals surface area contributed by atoms with Gasteiger partial charge in [0.25, 0.3) is 0 Å². The van der Waals surface area contributed by atoms with E-state index < -0.39 is 18.0 Å². The quantitative estimate of drug-likeness (QED) is 0.155. The highest BCUT2D eigenvalue weighted by Crippen LogP contribution is 2.09. The maximum Gasteiger partial charge on any atom is 0.320 e. The second-order valence-corrected chi connectivity index (χ2v) is 6.69. The molecule has 2 aromatic rings. The zero-order valence-corrected chi connectivity index (χ0v) is 17.9. The molecule has 0 spiro atoms. The Morgan fingerprint density at radius 2 is 1.59 bits per heavy atom. The van der Waals surface area contributed by atoms with Crippen LogP contribution >= 0.6 is 0 Å². The van der Waals surface area contributed by atoms with Crippen LogP contribution in [0.1, 0.15) is 24.0 Å². The van der Waals surface area contributed by atoms with E-state index in [1.165, 1.54) is 17.7 Å². The van der Waals surface area contributed by atoms with Crippen LogP contribution in [0.25, 0.3) is 0 Å². The smallest absolute Gasteiger partial charge is 0.320 e. The largest absolute Gasteiger partial charge is 0.508 e. The number of guanidine groups is 1. The fraction of sp³-hybridized carbons (Fsp3) is 0.318. The van der Waals surface area contributed by atoms with Gasteiger partial charge in [0.2, 0.25) is 0 Å². The summed E-state index contributed by atoms with van der Waals surface area (Å²) in [5, 5.41) is 34.9. The molecule has 0 radical (unpaired) electrons. The van der Waals surface area contributed by atoms with Crippen LogP contribution in [0.3, 0.4) is 0 Å². The van der Waals surface area contributed by atoms with Crippen molar-refractivity contribution in [1.82, 2.24) is 5.32 Å². The molecular formula is C22H33N5O5. The van der Waals surface area contributed by atoms with Crippen LogP contribution in [-0.2, 0) is 22.4 Å². The Kier molecular flexibility index (Phi) is 15.2. The summed E-state index contributed by atoms with van der Waals surface area (Å²) in [5.41, 5.74) is 17.6. The SMILES string of the molecule is N=C(N)NCCC[C@H](N)C(=O)O.NCCc1ccccc1.O=C(O)Cc1ccc(O)cc1. The van der Waals surface area contributed by atoms with E-state index in [-0.39, 0.29) is 18.1 Å². The van der Waals surface area contributed by atoms with Crippen molar-refractivity contribution < 1.29 is 24.9 Å². The number of phenols is 1. The second-order valence-electron chi connectivity index (χ2n) is 6.69. The number of nitrogens with two attached hydrogens (primary N) is 3. The molecule has 1 atom stereocenters. The first-order chi connectivity index (χ1) is 15.1. The van der Waals surface area contributed by atoms with E-state index in [1.54, 1.807) is 12.1 Å². The lowest BCUT2D eigenvalue weighted by Crippen LogP contribution is -2.34. The van der Waals surface area contributed by atoms with Gasteiger partial charge in [-0.2, -0.15) is 0 Å². The lowest BCUT2D eigenvalue weighted by molar-refractivity contribution is -0.139. The maximum absolute atomic E-state index is 10.2. The predicted molar refractivity (Wildman–Crippen MR) is 123 cm³/mol. The van der Waals surface area contributed by atoms with Crippen molar-refractivity contribution in [1.29, 1.82) is 5.41 Å². The number of aromatic hydroxyl groups is 1. The van der Waals surface area contributed by atoms with Crippen LogP contribution in [0, 0.1) is 5.41 Å². The van der Waals surface area contributed by atoms with Gasteiger partial charge in [-0.25, -0.2) is 0 Å². The number of benzene rings is 2.